The third-order valence-corrected chi connectivity index (χ3v) is 6.04. The average molecular weight is 444 g/mol. The molecule has 9 heteroatoms. The van der Waals surface area contributed by atoms with E-state index in [-0.39, 0.29) is 23.4 Å². The van der Waals surface area contributed by atoms with Crippen LogP contribution in [-0.4, -0.2) is 48.7 Å². The van der Waals surface area contributed by atoms with Crippen LogP contribution in [0, 0.1) is 5.82 Å². The Morgan fingerprint density at radius 3 is 2.81 bits per heavy atom. The minimum Gasteiger partial charge on any atom is -0.339 e. The maximum absolute atomic E-state index is 13.5. The van der Waals surface area contributed by atoms with Crippen LogP contribution in [0.5, 0.6) is 0 Å². The van der Waals surface area contributed by atoms with Crippen molar-refractivity contribution in [3.63, 3.8) is 0 Å². The van der Waals surface area contributed by atoms with Crippen molar-refractivity contribution in [1.29, 1.82) is 0 Å². The van der Waals surface area contributed by atoms with E-state index in [4.69, 9.17) is 4.52 Å². The van der Waals surface area contributed by atoms with Gasteiger partial charge in [-0.15, -0.1) is 0 Å². The van der Waals surface area contributed by atoms with Crippen LogP contribution < -0.4 is 0 Å². The van der Waals surface area contributed by atoms with E-state index in [2.05, 4.69) is 10.1 Å². The Hall–Kier alpha value is -3.07. The smallest absolute Gasteiger partial charge is 0.253 e. The van der Waals surface area contributed by atoms with Gasteiger partial charge < -0.3 is 9.42 Å². The number of benzene rings is 2. The Kier molecular flexibility index (Phi) is 5.86. The maximum Gasteiger partial charge on any atom is 0.253 e. The van der Waals surface area contributed by atoms with Crippen LogP contribution >= 0.6 is 0 Å². The van der Waals surface area contributed by atoms with Crippen molar-refractivity contribution in [2.75, 3.05) is 19.3 Å². The molecular weight excluding hydrogens is 421 g/mol. The summed E-state index contributed by atoms with van der Waals surface area (Å²) in [4.78, 5) is 19.2. The number of likely N-dealkylation sites (tertiary alicyclic amines) is 1. The Morgan fingerprint density at radius 2 is 2.03 bits per heavy atom. The van der Waals surface area contributed by atoms with Crippen LogP contribution in [0.4, 0.5) is 4.39 Å². The van der Waals surface area contributed by atoms with Gasteiger partial charge in [-0.2, -0.15) is 4.98 Å². The molecule has 1 aromatic heterocycles. The van der Waals surface area contributed by atoms with Crippen LogP contribution in [0.1, 0.15) is 40.6 Å². The number of halogens is 1. The SMILES string of the molecule is CS(=O)(=O)Cc1cccc(C(=O)N2CCCC(c3nc(-c4cccc(F)c4)no3)C2)c1. The van der Waals surface area contributed by atoms with E-state index in [0.29, 0.717) is 41.5 Å². The lowest BCUT2D eigenvalue weighted by Crippen LogP contribution is -2.39. The molecule has 162 valence electrons. The standard InChI is InChI=1S/C22H22FN3O4S/c1-31(28,29)14-15-5-2-7-17(11-15)22(27)26-10-4-8-18(13-26)21-24-20(25-30-21)16-6-3-9-19(23)12-16/h2-3,5-7,9,11-12,18H,4,8,10,13-14H2,1H3. The lowest BCUT2D eigenvalue weighted by atomic mass is 9.97. The van der Waals surface area contributed by atoms with Gasteiger partial charge in [0.15, 0.2) is 9.84 Å². The monoisotopic (exact) mass is 443 g/mol. The summed E-state index contributed by atoms with van der Waals surface area (Å²) in [5.74, 6) is -0.0382. The molecule has 1 aliphatic heterocycles. The van der Waals surface area contributed by atoms with Gasteiger partial charge in [-0.05, 0) is 42.7 Å². The number of aromatic nitrogens is 2. The molecule has 1 saturated heterocycles. The highest BCUT2D eigenvalue weighted by Gasteiger charge is 2.29. The number of carbonyl (C=O) groups excluding carboxylic acids is 1. The number of sulfone groups is 1. The zero-order valence-corrected chi connectivity index (χ0v) is 17.8. The lowest BCUT2D eigenvalue weighted by Gasteiger charge is -2.31. The summed E-state index contributed by atoms with van der Waals surface area (Å²) in [7, 11) is -3.19. The number of rotatable bonds is 5. The fourth-order valence-electron chi connectivity index (χ4n) is 3.79. The van der Waals surface area contributed by atoms with Crippen LogP contribution in [0.25, 0.3) is 11.4 Å². The van der Waals surface area contributed by atoms with Crippen molar-refractivity contribution >= 4 is 15.7 Å². The molecule has 2 aromatic carbocycles. The molecule has 0 bridgehead atoms. The number of hydrogen-bond donors (Lipinski definition) is 0. The Bertz CT molecular complexity index is 1210. The first-order valence-corrected chi connectivity index (χ1v) is 12.0. The summed E-state index contributed by atoms with van der Waals surface area (Å²) in [6.07, 6.45) is 2.74. The third-order valence-electron chi connectivity index (χ3n) is 5.19. The molecule has 0 saturated carbocycles. The highest BCUT2D eigenvalue weighted by atomic mass is 32.2. The van der Waals surface area contributed by atoms with Gasteiger partial charge in [0.25, 0.3) is 5.91 Å². The second-order valence-electron chi connectivity index (χ2n) is 7.83. The van der Waals surface area contributed by atoms with Crippen molar-refractivity contribution in [2.45, 2.75) is 24.5 Å². The van der Waals surface area contributed by atoms with E-state index >= 15 is 0 Å². The van der Waals surface area contributed by atoms with Crippen molar-refractivity contribution in [1.82, 2.24) is 15.0 Å². The van der Waals surface area contributed by atoms with Crippen LogP contribution in [-0.2, 0) is 15.6 Å². The molecule has 0 N–H and O–H groups in total. The first-order chi connectivity index (χ1) is 14.8. The average Bonchev–Trinajstić information content (AvgIpc) is 3.23. The third kappa shape index (κ3) is 5.16. The molecule has 4 rings (SSSR count). The molecule has 0 spiro atoms. The second kappa shape index (κ2) is 8.58. The molecule has 31 heavy (non-hydrogen) atoms. The molecule has 3 aromatic rings. The van der Waals surface area contributed by atoms with Gasteiger partial charge >= 0.3 is 0 Å². The molecule has 1 atom stereocenters. The van der Waals surface area contributed by atoms with Gasteiger partial charge in [-0.3, -0.25) is 4.79 Å². The Morgan fingerprint density at radius 1 is 1.23 bits per heavy atom. The lowest BCUT2D eigenvalue weighted by molar-refractivity contribution is 0.0695. The molecule has 0 aliphatic carbocycles. The number of carbonyl (C=O) groups is 1. The maximum atomic E-state index is 13.5. The topological polar surface area (TPSA) is 93.4 Å². The first kappa shape index (κ1) is 21.2. The minimum absolute atomic E-state index is 0.110. The fourth-order valence-corrected chi connectivity index (χ4v) is 4.57. The van der Waals surface area contributed by atoms with Gasteiger partial charge in [0.2, 0.25) is 11.7 Å². The zero-order valence-electron chi connectivity index (χ0n) is 17.0. The van der Waals surface area contributed by atoms with Gasteiger partial charge in [-0.25, -0.2) is 12.8 Å². The van der Waals surface area contributed by atoms with Crippen LogP contribution in [0.15, 0.2) is 53.1 Å². The van der Waals surface area contributed by atoms with E-state index in [9.17, 15) is 17.6 Å². The Labute approximate surface area is 179 Å². The molecular formula is C22H22FN3O4S. The number of piperidine rings is 1. The highest BCUT2D eigenvalue weighted by Crippen LogP contribution is 2.28. The van der Waals surface area contributed by atoms with Gasteiger partial charge in [0, 0.05) is 30.5 Å². The second-order valence-corrected chi connectivity index (χ2v) is 9.97. The molecule has 7 nitrogen and oxygen atoms in total. The summed E-state index contributed by atoms with van der Waals surface area (Å²) in [6, 6.07) is 12.7. The largest absolute Gasteiger partial charge is 0.339 e. The number of amides is 1. The minimum atomic E-state index is -3.19. The van der Waals surface area contributed by atoms with Crippen molar-refractivity contribution in [3.8, 4) is 11.4 Å². The van der Waals surface area contributed by atoms with E-state index < -0.39 is 9.84 Å². The zero-order chi connectivity index (χ0) is 22.0. The van der Waals surface area contributed by atoms with Crippen LogP contribution in [0.3, 0.4) is 0 Å². The Balaban J connectivity index is 1.49. The van der Waals surface area contributed by atoms with E-state index in [1.54, 1.807) is 41.3 Å². The summed E-state index contributed by atoms with van der Waals surface area (Å²) in [6.45, 7) is 1.01. The summed E-state index contributed by atoms with van der Waals surface area (Å²) < 4.78 is 42.0. The van der Waals surface area contributed by atoms with Crippen LogP contribution in [0.2, 0.25) is 0 Å². The molecule has 0 radical (unpaired) electrons. The predicted molar refractivity (Wildman–Crippen MR) is 113 cm³/mol. The molecule has 1 fully saturated rings. The first-order valence-electron chi connectivity index (χ1n) is 9.94. The van der Waals surface area contributed by atoms with Crippen molar-refractivity contribution < 1.29 is 22.1 Å². The van der Waals surface area contributed by atoms with E-state index in [1.165, 1.54) is 18.4 Å². The number of nitrogens with zero attached hydrogens (tertiary/aromatic N) is 3. The van der Waals surface area contributed by atoms with E-state index in [1.807, 2.05) is 0 Å². The normalized spacial score (nSPS) is 17.0. The quantitative estimate of drug-likeness (QED) is 0.600. The molecule has 1 unspecified atom stereocenters. The van der Waals surface area contributed by atoms with Gasteiger partial charge in [-0.1, -0.05) is 29.4 Å². The molecule has 1 aliphatic rings. The van der Waals surface area contributed by atoms with Gasteiger partial charge in [0.1, 0.15) is 5.82 Å². The summed E-state index contributed by atoms with van der Waals surface area (Å²) >= 11 is 0. The molecule has 2 heterocycles. The van der Waals surface area contributed by atoms with E-state index in [0.717, 1.165) is 12.8 Å². The summed E-state index contributed by atoms with van der Waals surface area (Å²) in [5.41, 5.74) is 1.56. The van der Waals surface area contributed by atoms with Gasteiger partial charge in [0.05, 0.1) is 11.7 Å². The number of hydrogen-bond acceptors (Lipinski definition) is 6. The predicted octanol–water partition coefficient (Wildman–Crippen LogP) is 3.44. The highest BCUT2D eigenvalue weighted by molar-refractivity contribution is 7.89. The fraction of sp³-hybridized carbons (Fsp3) is 0.318. The molecule has 1 amide bonds. The van der Waals surface area contributed by atoms with Crippen molar-refractivity contribution in [2.24, 2.45) is 0 Å². The summed E-state index contributed by atoms with van der Waals surface area (Å²) in [5, 5.41) is 3.96. The van der Waals surface area contributed by atoms with Crippen molar-refractivity contribution in [3.05, 3.63) is 71.4 Å².